The van der Waals surface area contributed by atoms with Gasteiger partial charge >= 0.3 is 0 Å². The molecule has 8 heterocycles. The number of carbonyl (C=O) groups is 6. The van der Waals surface area contributed by atoms with Crippen molar-refractivity contribution in [2.24, 2.45) is 0 Å². The van der Waals surface area contributed by atoms with Crippen molar-refractivity contribution in [1.29, 1.82) is 0 Å². The maximum absolute atomic E-state index is 13.2. The normalized spacial score (nSPS) is 11.5. The van der Waals surface area contributed by atoms with Gasteiger partial charge in [0, 0.05) is 183 Å². The van der Waals surface area contributed by atoms with Crippen molar-refractivity contribution in [3.8, 4) is 33.8 Å². The fourth-order valence-electron chi connectivity index (χ4n) is 14.1. The predicted molar refractivity (Wildman–Crippen MR) is 555 cm³/mol. The lowest BCUT2D eigenvalue weighted by Gasteiger charge is -2.09. The number of rotatable bonds is 29. The SMILES string of the molecule is CCC.CN(C)C/C=C/C(=O)Nc1ccc(C(=O)Nc2cccc(Cc3cc(-c4cnc5c(c4)C=CC5)ncn3)c2)cc1.CN(C)C/C=C/C(=O)Nc1ccc(C(=O)Nc2cccc(Cc3cc(-c4cnc5c(ccn5S(=O)(=O)c5ccccc5)c4)ncn3)c2)cc1.Nc1ccc(C(=O)Nc2cccc(Cc3cc(-c4cnc5c(ccn5S(=O)(=O)c5ccccc5)c4)ncn3)c2)cc1.O=C(Cl)/C=C/CBr. The smallest absolute Gasteiger partial charge is 0.269 e. The van der Waals surface area contributed by atoms with E-state index in [1.54, 1.807) is 183 Å². The Bertz CT molecular complexity index is 7480. The summed E-state index contributed by atoms with van der Waals surface area (Å²) in [5.41, 5.74) is 23.7. The Morgan fingerprint density at radius 3 is 1.15 bits per heavy atom. The minimum atomic E-state index is -3.79. The Morgan fingerprint density at radius 2 is 0.786 bits per heavy atom. The molecule has 8 aromatic heterocycles. The van der Waals surface area contributed by atoms with Crippen LogP contribution in [0.15, 0.2) is 357 Å². The van der Waals surface area contributed by atoms with E-state index in [-0.39, 0.29) is 39.3 Å². The number of allylic oxidation sites excluding steroid dienone is 3. The summed E-state index contributed by atoms with van der Waals surface area (Å²) in [5.74, 6) is -1.19. The van der Waals surface area contributed by atoms with Gasteiger partial charge in [0.2, 0.25) is 17.1 Å². The molecule has 0 saturated carbocycles. The van der Waals surface area contributed by atoms with Crippen molar-refractivity contribution < 1.29 is 45.6 Å². The van der Waals surface area contributed by atoms with Crippen molar-refractivity contribution in [1.82, 2.24) is 62.6 Å². The molecule has 8 aromatic carbocycles. The second-order valence-corrected chi connectivity index (χ2v) is 37.0. The van der Waals surface area contributed by atoms with E-state index in [2.05, 4.69) is 119 Å². The number of pyridine rings is 3. The van der Waals surface area contributed by atoms with E-state index in [0.29, 0.717) is 122 Å². The summed E-state index contributed by atoms with van der Waals surface area (Å²) in [6.45, 7) is 5.59. The zero-order valence-electron chi connectivity index (χ0n) is 77.2. The molecule has 0 fully saturated rings. The lowest BCUT2D eigenvalue weighted by molar-refractivity contribution is -0.112. The molecule has 0 atom stereocenters. The van der Waals surface area contributed by atoms with E-state index in [0.717, 1.165) is 73.8 Å². The number of nitrogen functional groups attached to an aromatic ring is 1. The maximum atomic E-state index is 13.2. The first kappa shape index (κ1) is 101. The van der Waals surface area contributed by atoms with Crippen LogP contribution in [0.5, 0.6) is 0 Å². The van der Waals surface area contributed by atoms with Crippen LogP contribution in [-0.4, -0.2) is 161 Å². The topological polar surface area (TPSA) is 389 Å². The largest absolute Gasteiger partial charge is 0.399 e. The molecule has 1 aliphatic carbocycles. The number of fused-ring (bicyclic) bond motifs is 3. The molecule has 0 aliphatic heterocycles. The number of nitrogens with zero attached hydrogens (tertiary/aromatic N) is 13. The van der Waals surface area contributed by atoms with E-state index in [9.17, 15) is 45.6 Å². The lowest BCUT2D eigenvalue weighted by atomic mass is 10.1. The van der Waals surface area contributed by atoms with Gasteiger partial charge in [-0.2, -0.15) is 0 Å². The average molecular weight is 1990 g/mol. The molecular weight excluding hydrogens is 1890 g/mol. The fourth-order valence-corrected chi connectivity index (χ4v) is 17.0. The minimum Gasteiger partial charge on any atom is -0.399 e. The molecule has 140 heavy (non-hydrogen) atoms. The summed E-state index contributed by atoms with van der Waals surface area (Å²) in [7, 11) is 0.140. The monoisotopic (exact) mass is 1990 g/mol. The molecule has 0 bridgehead atoms. The zero-order valence-corrected chi connectivity index (χ0v) is 81.2. The molecule has 708 valence electrons. The number of hydrogen-bond acceptors (Lipinski definition) is 22. The quantitative estimate of drug-likeness (QED) is 0.0110. The van der Waals surface area contributed by atoms with Gasteiger partial charge in [-0.1, -0.05) is 139 Å². The highest BCUT2D eigenvalue weighted by molar-refractivity contribution is 9.09. The summed E-state index contributed by atoms with van der Waals surface area (Å²) >= 11 is 7.99. The molecule has 29 nitrogen and oxygen atoms in total. The number of nitrogens with one attached hydrogen (secondary N) is 5. The van der Waals surface area contributed by atoms with Crippen molar-refractivity contribution in [3.63, 3.8) is 0 Å². The average Bonchev–Trinajstić information content (AvgIpc) is 1.61. The Labute approximate surface area is 824 Å². The van der Waals surface area contributed by atoms with Crippen LogP contribution in [0.4, 0.5) is 34.1 Å². The molecule has 7 N–H and O–H groups in total. The van der Waals surface area contributed by atoms with Gasteiger partial charge in [-0.3, -0.25) is 33.8 Å². The number of hydrogen-bond donors (Lipinski definition) is 6. The van der Waals surface area contributed by atoms with Gasteiger partial charge in [-0.15, -0.1) is 0 Å². The number of anilines is 6. The van der Waals surface area contributed by atoms with E-state index in [4.69, 9.17) is 17.3 Å². The third kappa shape index (κ3) is 28.8. The highest BCUT2D eigenvalue weighted by Crippen LogP contribution is 2.31. The Morgan fingerprint density at radius 1 is 0.414 bits per heavy atom. The first-order valence-corrected chi connectivity index (χ1v) is 48.6. The second-order valence-electron chi connectivity index (χ2n) is 32.3. The van der Waals surface area contributed by atoms with Gasteiger partial charge in [-0.05, 0) is 250 Å². The van der Waals surface area contributed by atoms with Crippen molar-refractivity contribution in [2.45, 2.75) is 55.7 Å². The van der Waals surface area contributed by atoms with Crippen LogP contribution in [0.2, 0.25) is 0 Å². The second kappa shape index (κ2) is 49.1. The Hall–Kier alpha value is -16.1. The fraction of sp³-hybridized carbons (Fsp3) is 0.131. The molecular formula is C107H99BrClN19O10S2. The minimum absolute atomic E-state index is 0.183. The Balaban J connectivity index is 0.000000169. The number of nitrogens with two attached hydrogens (primary N) is 1. The van der Waals surface area contributed by atoms with Crippen LogP contribution in [0.1, 0.15) is 96.4 Å². The third-order valence-corrected chi connectivity index (χ3v) is 24.6. The van der Waals surface area contributed by atoms with Crippen molar-refractivity contribution in [2.75, 3.05) is 78.9 Å². The van der Waals surface area contributed by atoms with E-state index in [1.165, 1.54) is 57.6 Å². The first-order chi connectivity index (χ1) is 67.6. The predicted octanol–water partition coefficient (Wildman–Crippen LogP) is 18.9. The molecule has 5 amide bonds. The number of likely N-dealkylation sites (N-methyl/N-ethyl adjacent to an activating group) is 2. The highest BCUT2D eigenvalue weighted by atomic mass is 79.9. The number of benzene rings is 8. The van der Waals surface area contributed by atoms with E-state index < -0.39 is 25.3 Å². The van der Waals surface area contributed by atoms with Crippen molar-refractivity contribution in [3.05, 3.63) is 409 Å². The molecule has 17 rings (SSSR count). The van der Waals surface area contributed by atoms with E-state index in [1.807, 2.05) is 147 Å². The molecule has 0 saturated heterocycles. The molecule has 16 aromatic rings. The molecule has 33 heteroatoms. The lowest BCUT2D eigenvalue weighted by Crippen LogP contribution is -2.14. The summed E-state index contributed by atoms with van der Waals surface area (Å²) in [6, 6.07) is 74.5. The number of halogens is 2. The van der Waals surface area contributed by atoms with Gasteiger partial charge < -0.3 is 42.1 Å². The number of carbonyl (C=O) groups excluding carboxylic acids is 6. The van der Waals surface area contributed by atoms with Crippen LogP contribution in [0.3, 0.4) is 0 Å². The molecule has 0 radical (unpaired) electrons. The van der Waals surface area contributed by atoms with Crippen LogP contribution >= 0.6 is 27.5 Å². The molecule has 0 spiro atoms. The number of alkyl halides is 1. The van der Waals surface area contributed by atoms with Crippen LogP contribution in [0, 0.1) is 0 Å². The van der Waals surface area contributed by atoms with Crippen LogP contribution < -0.4 is 32.3 Å². The van der Waals surface area contributed by atoms with Crippen LogP contribution in [0.25, 0.3) is 61.9 Å². The summed E-state index contributed by atoms with van der Waals surface area (Å²) < 4.78 is 55.0. The Kier molecular flexibility index (Phi) is 35.5. The molecule has 0 unspecified atom stereocenters. The third-order valence-electron chi connectivity index (χ3n) is 20.8. The summed E-state index contributed by atoms with van der Waals surface area (Å²) in [6.07, 6.45) is 30.0. The van der Waals surface area contributed by atoms with E-state index >= 15 is 0 Å². The maximum Gasteiger partial charge on any atom is 0.269 e. The summed E-state index contributed by atoms with van der Waals surface area (Å²) in [4.78, 5) is 117. The molecule has 1 aliphatic rings. The summed E-state index contributed by atoms with van der Waals surface area (Å²) in [5, 5.41) is 16.0. The van der Waals surface area contributed by atoms with Crippen LogP contribution in [-0.2, 0) is 60.1 Å². The number of aromatic nitrogens is 11. The van der Waals surface area contributed by atoms with Gasteiger partial charge in [0.1, 0.15) is 19.0 Å². The standard InChI is InChI=1S/C37H33N7O4S.C32H30N6O2.C31H24N6O3S.C4H4BrClO.C3H8/c1-43(2)18-7-12-35(45)41-30-15-13-27(14-16-30)37(46)42-31-9-6-8-26(20-31)21-32-23-34(40-25-39-32)29-22-28-17-19-44(36(28)38-24-29)49(47,48)33-10-4-3-5-11-33;1-38(2)15-5-10-31(39)36-26-13-11-23(12-14-26)32(40)37-27-8-3-6-22(16-27)17-28-19-30(35-21-34-28)25-18-24-7-4-9-29(24)33-20-25;32-25-11-9-22(10-12-25)31(38)36-26-6-4-5-21(15-26)16-27-18-29(35-20-34-27)24-17-23-13-14-37(30(23)33-19-24)41(39,40)28-7-2-1-3-8-28;5-3-1-2-4(6)7;1-3-2/h3-17,19-20,22-25H,18,21H2,1-2H3,(H,41,45)(H,42,46);3-8,10-14,16,18-21H,9,15,17H2,1-2H3,(H,36,39)(H,37,40);1-15,17-20H,16,32H2,(H,36,38);1-2H,3H2;3H2,1-2H3/b12-7+;10-5+;;2-1+;. The highest BCUT2D eigenvalue weighted by Gasteiger charge is 2.24. The van der Waals surface area contributed by atoms with Gasteiger partial charge in [0.15, 0.2) is 11.3 Å². The zero-order chi connectivity index (χ0) is 99.1. The van der Waals surface area contributed by atoms with Gasteiger partial charge in [0.05, 0.1) is 32.6 Å². The first-order valence-electron chi connectivity index (χ1n) is 44.2. The van der Waals surface area contributed by atoms with Gasteiger partial charge in [-0.25, -0.2) is 64.7 Å². The number of amides is 5. The van der Waals surface area contributed by atoms with Crippen molar-refractivity contribution >= 4 is 145 Å². The van der Waals surface area contributed by atoms with Gasteiger partial charge in [0.25, 0.3) is 37.8 Å².